The van der Waals surface area contributed by atoms with Gasteiger partial charge in [-0.15, -0.1) is 0 Å². The predicted octanol–water partition coefficient (Wildman–Crippen LogP) is 3.92. The van der Waals surface area contributed by atoms with Gasteiger partial charge in [-0.2, -0.15) is 0 Å². The van der Waals surface area contributed by atoms with Gasteiger partial charge in [0.1, 0.15) is 0 Å². The largest absolute Gasteiger partial charge is 0.336 e. The molecule has 2 nitrogen and oxygen atoms in total. The van der Waals surface area contributed by atoms with E-state index in [9.17, 15) is 4.79 Å². The molecule has 0 radical (unpaired) electrons. The van der Waals surface area contributed by atoms with E-state index in [1.54, 1.807) is 0 Å². The standard InChI is InChI=1S/C16H25NO/c1-5-8-14(4)17(16(18)6-2)12-15-10-7-9-13(3)11-15/h7,9-11,14H,5-6,8,12H2,1-4H3. The topological polar surface area (TPSA) is 20.3 Å². The molecule has 1 rings (SSSR count). The third kappa shape index (κ3) is 4.17. The van der Waals surface area contributed by atoms with E-state index in [-0.39, 0.29) is 5.91 Å². The lowest BCUT2D eigenvalue weighted by Crippen LogP contribution is -2.37. The first-order chi connectivity index (χ1) is 8.58. The molecule has 1 aromatic carbocycles. The molecule has 0 saturated carbocycles. The summed E-state index contributed by atoms with van der Waals surface area (Å²) in [7, 11) is 0. The quantitative estimate of drug-likeness (QED) is 0.746. The van der Waals surface area contributed by atoms with Gasteiger partial charge >= 0.3 is 0 Å². The van der Waals surface area contributed by atoms with Crippen molar-refractivity contribution in [1.82, 2.24) is 4.90 Å². The lowest BCUT2D eigenvalue weighted by atomic mass is 10.1. The fourth-order valence-electron chi connectivity index (χ4n) is 2.27. The number of aryl methyl sites for hydroxylation is 1. The molecule has 1 unspecified atom stereocenters. The fraction of sp³-hybridized carbons (Fsp3) is 0.562. The number of benzene rings is 1. The van der Waals surface area contributed by atoms with Crippen LogP contribution in [0.1, 0.15) is 51.2 Å². The molecule has 1 amide bonds. The third-order valence-electron chi connectivity index (χ3n) is 3.30. The summed E-state index contributed by atoms with van der Waals surface area (Å²) in [5.41, 5.74) is 2.47. The van der Waals surface area contributed by atoms with Crippen LogP contribution in [-0.2, 0) is 11.3 Å². The highest BCUT2D eigenvalue weighted by molar-refractivity contribution is 5.76. The maximum atomic E-state index is 12.0. The van der Waals surface area contributed by atoms with Gasteiger partial charge in [0, 0.05) is 19.0 Å². The normalized spacial score (nSPS) is 12.2. The molecular formula is C16H25NO. The zero-order valence-electron chi connectivity index (χ0n) is 12.1. The Hall–Kier alpha value is -1.31. The molecule has 0 heterocycles. The summed E-state index contributed by atoms with van der Waals surface area (Å²) in [5.74, 6) is 0.248. The van der Waals surface area contributed by atoms with E-state index in [1.165, 1.54) is 11.1 Å². The van der Waals surface area contributed by atoms with Crippen LogP contribution >= 0.6 is 0 Å². The van der Waals surface area contributed by atoms with Crippen LogP contribution in [0.25, 0.3) is 0 Å². The summed E-state index contributed by atoms with van der Waals surface area (Å²) in [6.07, 6.45) is 2.76. The van der Waals surface area contributed by atoms with Crippen LogP contribution < -0.4 is 0 Å². The third-order valence-corrected chi connectivity index (χ3v) is 3.30. The van der Waals surface area contributed by atoms with Crippen LogP contribution in [0.15, 0.2) is 24.3 Å². The second-order valence-electron chi connectivity index (χ2n) is 5.00. The van der Waals surface area contributed by atoms with Crippen molar-refractivity contribution in [3.05, 3.63) is 35.4 Å². The lowest BCUT2D eigenvalue weighted by molar-refractivity contribution is -0.133. The van der Waals surface area contributed by atoms with Crippen LogP contribution in [0.3, 0.4) is 0 Å². The molecule has 0 spiro atoms. The minimum Gasteiger partial charge on any atom is -0.336 e. The molecular weight excluding hydrogens is 222 g/mol. The average Bonchev–Trinajstić information content (AvgIpc) is 2.35. The molecule has 0 N–H and O–H groups in total. The summed E-state index contributed by atoms with van der Waals surface area (Å²) in [5, 5.41) is 0. The molecule has 100 valence electrons. The van der Waals surface area contributed by atoms with Crippen molar-refractivity contribution in [2.45, 2.75) is 59.5 Å². The molecule has 0 fully saturated rings. The highest BCUT2D eigenvalue weighted by atomic mass is 16.2. The molecule has 1 aromatic rings. The Balaban J connectivity index is 2.81. The van der Waals surface area contributed by atoms with Gasteiger partial charge in [0.25, 0.3) is 0 Å². The first-order valence-corrected chi connectivity index (χ1v) is 6.93. The van der Waals surface area contributed by atoms with E-state index in [0.717, 1.165) is 19.4 Å². The van der Waals surface area contributed by atoms with Crippen molar-refractivity contribution in [3.8, 4) is 0 Å². The molecule has 18 heavy (non-hydrogen) atoms. The average molecular weight is 247 g/mol. The Morgan fingerprint density at radius 2 is 2.06 bits per heavy atom. The SMILES string of the molecule is CCCC(C)N(Cc1cccc(C)c1)C(=O)CC. The van der Waals surface area contributed by atoms with E-state index in [2.05, 4.69) is 45.0 Å². The molecule has 2 heteroatoms. The molecule has 0 saturated heterocycles. The molecule has 0 aliphatic heterocycles. The zero-order valence-corrected chi connectivity index (χ0v) is 12.1. The van der Waals surface area contributed by atoms with Gasteiger partial charge in [-0.3, -0.25) is 4.79 Å². The number of hydrogen-bond donors (Lipinski definition) is 0. The van der Waals surface area contributed by atoms with Gasteiger partial charge in [0.15, 0.2) is 0 Å². The van der Waals surface area contributed by atoms with E-state index < -0.39 is 0 Å². The zero-order chi connectivity index (χ0) is 13.5. The first-order valence-electron chi connectivity index (χ1n) is 6.93. The Morgan fingerprint density at radius 3 is 2.61 bits per heavy atom. The number of amides is 1. The van der Waals surface area contributed by atoms with Crippen LogP contribution in [0.5, 0.6) is 0 Å². The summed E-state index contributed by atoms with van der Waals surface area (Å²) in [4.78, 5) is 14.1. The molecule has 0 bridgehead atoms. The number of rotatable bonds is 6. The Labute approximate surface area is 111 Å². The minimum atomic E-state index is 0.248. The van der Waals surface area contributed by atoms with Gasteiger partial charge in [-0.1, -0.05) is 50.1 Å². The maximum absolute atomic E-state index is 12.0. The Morgan fingerprint density at radius 1 is 1.33 bits per heavy atom. The second-order valence-corrected chi connectivity index (χ2v) is 5.00. The highest BCUT2D eigenvalue weighted by Gasteiger charge is 2.18. The number of carbonyl (C=O) groups is 1. The fourth-order valence-corrected chi connectivity index (χ4v) is 2.27. The number of nitrogens with zero attached hydrogens (tertiary/aromatic N) is 1. The molecule has 0 aliphatic rings. The summed E-state index contributed by atoms with van der Waals surface area (Å²) >= 11 is 0. The van der Waals surface area contributed by atoms with E-state index in [4.69, 9.17) is 0 Å². The van der Waals surface area contributed by atoms with Gasteiger partial charge in [-0.05, 0) is 25.8 Å². The van der Waals surface area contributed by atoms with Crippen molar-refractivity contribution in [2.24, 2.45) is 0 Å². The first kappa shape index (κ1) is 14.7. The van der Waals surface area contributed by atoms with Crippen molar-refractivity contribution in [2.75, 3.05) is 0 Å². The summed E-state index contributed by atoms with van der Waals surface area (Å²) in [6.45, 7) is 9.06. The van der Waals surface area contributed by atoms with Crippen LogP contribution in [0, 0.1) is 6.92 Å². The number of hydrogen-bond acceptors (Lipinski definition) is 1. The predicted molar refractivity (Wildman–Crippen MR) is 76.4 cm³/mol. The van der Waals surface area contributed by atoms with Gasteiger partial charge in [0.2, 0.25) is 5.91 Å². The lowest BCUT2D eigenvalue weighted by Gasteiger charge is -2.29. The van der Waals surface area contributed by atoms with Gasteiger partial charge < -0.3 is 4.90 Å². The van der Waals surface area contributed by atoms with Crippen LogP contribution in [0.4, 0.5) is 0 Å². The second kappa shape index (κ2) is 7.20. The van der Waals surface area contributed by atoms with Gasteiger partial charge in [-0.25, -0.2) is 0 Å². The van der Waals surface area contributed by atoms with Crippen LogP contribution in [0.2, 0.25) is 0 Å². The summed E-state index contributed by atoms with van der Waals surface area (Å²) in [6, 6.07) is 8.73. The Kier molecular flexibility index (Phi) is 5.90. The van der Waals surface area contributed by atoms with Crippen molar-refractivity contribution < 1.29 is 4.79 Å². The van der Waals surface area contributed by atoms with Crippen molar-refractivity contribution in [3.63, 3.8) is 0 Å². The van der Waals surface area contributed by atoms with Gasteiger partial charge in [0.05, 0.1) is 0 Å². The number of carbonyl (C=O) groups excluding carboxylic acids is 1. The highest BCUT2D eigenvalue weighted by Crippen LogP contribution is 2.14. The van der Waals surface area contributed by atoms with E-state index >= 15 is 0 Å². The van der Waals surface area contributed by atoms with E-state index in [0.29, 0.717) is 12.5 Å². The van der Waals surface area contributed by atoms with Crippen LogP contribution in [-0.4, -0.2) is 16.8 Å². The maximum Gasteiger partial charge on any atom is 0.222 e. The molecule has 1 atom stereocenters. The monoisotopic (exact) mass is 247 g/mol. The minimum absolute atomic E-state index is 0.248. The van der Waals surface area contributed by atoms with E-state index in [1.807, 2.05) is 11.8 Å². The van der Waals surface area contributed by atoms with Crippen molar-refractivity contribution >= 4 is 5.91 Å². The Bertz CT molecular complexity index is 386. The smallest absolute Gasteiger partial charge is 0.222 e. The molecule has 0 aromatic heterocycles. The summed E-state index contributed by atoms with van der Waals surface area (Å²) < 4.78 is 0. The van der Waals surface area contributed by atoms with Crippen molar-refractivity contribution in [1.29, 1.82) is 0 Å². The molecule has 0 aliphatic carbocycles.